The van der Waals surface area contributed by atoms with Crippen LogP contribution in [-0.4, -0.2) is 19.5 Å². The molecule has 5 N–H and O–H groups in total. The number of hydrogen-bond donors (Lipinski definition) is 3. The van der Waals surface area contributed by atoms with Crippen LogP contribution in [0.5, 0.6) is 0 Å². The van der Waals surface area contributed by atoms with Gasteiger partial charge in [0, 0.05) is 5.56 Å². The monoisotopic (exact) mass is 482 g/mol. The zero-order chi connectivity index (χ0) is 24.7. The zero-order valence-corrected chi connectivity index (χ0v) is 18.7. The lowest BCUT2D eigenvalue weighted by Crippen LogP contribution is -2.28. The summed E-state index contributed by atoms with van der Waals surface area (Å²) in [6.07, 6.45) is 0. The van der Waals surface area contributed by atoms with Crippen molar-refractivity contribution in [1.29, 1.82) is 5.26 Å². The van der Waals surface area contributed by atoms with E-state index in [4.69, 9.17) is 23.1 Å². The van der Waals surface area contributed by atoms with Crippen LogP contribution >= 0.6 is 11.6 Å². The minimum atomic E-state index is -1.10. The first-order valence-corrected chi connectivity index (χ1v) is 10.3. The first kappa shape index (κ1) is 22.9. The van der Waals surface area contributed by atoms with Crippen molar-refractivity contribution in [3.8, 4) is 11.8 Å². The first-order valence-electron chi connectivity index (χ1n) is 9.89. The predicted octanol–water partition coefficient (Wildman–Crippen LogP) is 3.62. The van der Waals surface area contributed by atoms with E-state index >= 15 is 0 Å². The van der Waals surface area contributed by atoms with E-state index in [1.807, 2.05) is 6.07 Å². The van der Waals surface area contributed by atoms with Crippen LogP contribution in [0.15, 0.2) is 35.1 Å². The predicted molar refractivity (Wildman–Crippen MR) is 125 cm³/mol. The summed E-state index contributed by atoms with van der Waals surface area (Å²) in [4.78, 5) is 25.9. The molecule has 0 aliphatic rings. The number of fused-ring (bicyclic) bond motifs is 1. The number of nitrogens with zero attached hydrogens (tertiary/aromatic N) is 5. The quantitative estimate of drug-likeness (QED) is 0.399. The second-order valence-electron chi connectivity index (χ2n) is 7.42. The van der Waals surface area contributed by atoms with Crippen molar-refractivity contribution in [2.75, 3.05) is 16.8 Å². The van der Waals surface area contributed by atoms with Crippen molar-refractivity contribution < 1.29 is 8.78 Å². The Kier molecular flexibility index (Phi) is 5.76. The molecule has 1 unspecified atom stereocenters. The maximum atomic E-state index is 14.4. The number of benzene rings is 2. The fourth-order valence-corrected chi connectivity index (χ4v) is 3.84. The summed E-state index contributed by atoms with van der Waals surface area (Å²) in [6, 6.07) is 8.07. The Bertz CT molecular complexity index is 1560. The Morgan fingerprint density at radius 3 is 2.62 bits per heavy atom. The number of anilines is 3. The molecule has 0 saturated carbocycles. The van der Waals surface area contributed by atoms with E-state index in [0.29, 0.717) is 5.52 Å². The van der Waals surface area contributed by atoms with E-state index in [1.165, 1.54) is 19.1 Å². The summed E-state index contributed by atoms with van der Waals surface area (Å²) in [5.41, 5.74) is 11.1. The van der Waals surface area contributed by atoms with Crippen LogP contribution in [0.1, 0.15) is 29.9 Å². The molecule has 0 bridgehead atoms. The normalized spacial score (nSPS) is 11.9. The van der Waals surface area contributed by atoms with Crippen molar-refractivity contribution in [3.63, 3.8) is 0 Å². The van der Waals surface area contributed by atoms with E-state index in [9.17, 15) is 18.8 Å². The molecule has 12 heteroatoms. The van der Waals surface area contributed by atoms with Gasteiger partial charge in [0.25, 0.3) is 5.56 Å². The van der Waals surface area contributed by atoms with Crippen molar-refractivity contribution >= 4 is 40.1 Å². The van der Waals surface area contributed by atoms with Crippen LogP contribution in [0, 0.1) is 29.9 Å². The first-order chi connectivity index (χ1) is 16.1. The maximum absolute atomic E-state index is 14.4. The molecule has 1 atom stereocenters. The smallest absolute Gasteiger partial charge is 0.267 e. The second-order valence-corrected chi connectivity index (χ2v) is 7.83. The molecule has 2 heterocycles. The lowest BCUT2D eigenvalue weighted by molar-refractivity contribution is 0.501. The molecule has 2 aromatic carbocycles. The topological polar surface area (TPSA) is 149 Å². The molecule has 0 radical (unpaired) electrons. The van der Waals surface area contributed by atoms with E-state index < -0.39 is 23.2 Å². The molecule has 9 nitrogen and oxygen atoms in total. The minimum Gasteiger partial charge on any atom is -0.382 e. The molecule has 0 aliphatic heterocycles. The zero-order valence-electron chi connectivity index (χ0n) is 17.9. The fourth-order valence-electron chi connectivity index (χ4n) is 3.59. The number of nitriles is 1. The van der Waals surface area contributed by atoms with Crippen LogP contribution in [-0.2, 0) is 0 Å². The molecule has 0 saturated heterocycles. The van der Waals surface area contributed by atoms with Crippen molar-refractivity contribution in [2.45, 2.75) is 19.9 Å². The van der Waals surface area contributed by atoms with Gasteiger partial charge in [-0.2, -0.15) is 15.2 Å². The molecule has 0 aliphatic carbocycles. The Labute approximate surface area is 196 Å². The third-order valence-corrected chi connectivity index (χ3v) is 5.55. The van der Waals surface area contributed by atoms with Crippen molar-refractivity contribution in [2.24, 2.45) is 0 Å². The molecule has 2 aromatic heterocycles. The van der Waals surface area contributed by atoms with Gasteiger partial charge in [-0.05, 0) is 38.1 Å². The Morgan fingerprint density at radius 2 is 1.91 bits per heavy atom. The molecule has 0 spiro atoms. The largest absolute Gasteiger partial charge is 0.382 e. The van der Waals surface area contributed by atoms with Gasteiger partial charge in [0.2, 0.25) is 5.95 Å². The molecule has 4 aromatic rings. The summed E-state index contributed by atoms with van der Waals surface area (Å²) in [5.74, 6) is -2.31. The summed E-state index contributed by atoms with van der Waals surface area (Å²) < 4.78 is 29.4. The third-order valence-electron chi connectivity index (χ3n) is 5.23. The highest BCUT2D eigenvalue weighted by atomic mass is 35.5. The van der Waals surface area contributed by atoms with Crippen LogP contribution in [0.4, 0.5) is 26.4 Å². The molecule has 0 fully saturated rings. The number of halogens is 3. The van der Waals surface area contributed by atoms with Gasteiger partial charge in [0.1, 0.15) is 23.3 Å². The number of nitrogen functional groups attached to an aromatic ring is 2. The van der Waals surface area contributed by atoms with Crippen molar-refractivity contribution in [3.05, 3.63) is 74.3 Å². The van der Waals surface area contributed by atoms with Gasteiger partial charge in [0.05, 0.1) is 27.7 Å². The van der Waals surface area contributed by atoms with Gasteiger partial charge in [0.15, 0.2) is 17.5 Å². The van der Waals surface area contributed by atoms with E-state index in [2.05, 4.69) is 20.3 Å². The molecule has 172 valence electrons. The molecular weight excluding hydrogens is 466 g/mol. The summed E-state index contributed by atoms with van der Waals surface area (Å²) in [7, 11) is 0. The number of hydrogen-bond acceptors (Lipinski definition) is 8. The van der Waals surface area contributed by atoms with E-state index in [1.54, 1.807) is 19.1 Å². The Hall–Kier alpha value is -4.30. The van der Waals surface area contributed by atoms with E-state index in [0.717, 1.165) is 10.6 Å². The van der Waals surface area contributed by atoms with E-state index in [-0.39, 0.29) is 50.6 Å². The van der Waals surface area contributed by atoms with Gasteiger partial charge >= 0.3 is 0 Å². The maximum Gasteiger partial charge on any atom is 0.267 e. The third kappa shape index (κ3) is 3.74. The SMILES string of the molecule is Cc1c(-n2c(C(C)Nc3nc(N)nc(N)c3C#N)nc3cccc(Cl)c3c2=O)ccc(F)c1F. The highest BCUT2D eigenvalue weighted by Gasteiger charge is 2.23. The summed E-state index contributed by atoms with van der Waals surface area (Å²) >= 11 is 6.27. The van der Waals surface area contributed by atoms with Gasteiger partial charge < -0.3 is 16.8 Å². The molecular formula is C22H17ClF2N8O. The van der Waals surface area contributed by atoms with Gasteiger partial charge in [-0.15, -0.1) is 0 Å². The number of nitrogens with one attached hydrogen (secondary N) is 1. The molecule has 34 heavy (non-hydrogen) atoms. The van der Waals surface area contributed by atoms with Gasteiger partial charge in [-0.25, -0.2) is 13.8 Å². The minimum absolute atomic E-state index is 0.0222. The summed E-state index contributed by atoms with van der Waals surface area (Å²) in [6.45, 7) is 2.98. The van der Waals surface area contributed by atoms with Gasteiger partial charge in [-0.1, -0.05) is 17.7 Å². The Balaban J connectivity index is 2.00. The standard InChI is InChI=1S/C22H17ClF2N8O/c1-9-15(7-6-13(24)17(9)25)33-20(30-14-5-3-4-12(23)16(14)21(33)34)10(2)29-19-11(8-26)18(27)31-22(28)32-19/h3-7,10H,1-2H3,(H5,27,28,29,31,32). The lowest BCUT2D eigenvalue weighted by Gasteiger charge is -2.22. The van der Waals surface area contributed by atoms with Gasteiger partial charge in [-0.3, -0.25) is 9.36 Å². The number of aromatic nitrogens is 4. The highest BCUT2D eigenvalue weighted by Crippen LogP contribution is 2.28. The Morgan fingerprint density at radius 1 is 1.18 bits per heavy atom. The molecule has 0 amide bonds. The lowest BCUT2D eigenvalue weighted by atomic mass is 10.1. The van der Waals surface area contributed by atoms with Crippen LogP contribution in [0.25, 0.3) is 16.6 Å². The van der Waals surface area contributed by atoms with Crippen LogP contribution in [0.2, 0.25) is 5.02 Å². The number of nitrogens with two attached hydrogens (primary N) is 2. The molecule has 4 rings (SSSR count). The fraction of sp³-hybridized carbons (Fsp3) is 0.136. The van der Waals surface area contributed by atoms with Crippen molar-refractivity contribution in [1.82, 2.24) is 19.5 Å². The second kappa shape index (κ2) is 8.57. The average Bonchev–Trinajstić information content (AvgIpc) is 2.78. The van der Waals surface area contributed by atoms with Crippen LogP contribution in [0.3, 0.4) is 0 Å². The average molecular weight is 483 g/mol. The van der Waals surface area contributed by atoms with Crippen LogP contribution < -0.4 is 22.3 Å². The number of rotatable bonds is 4. The summed E-state index contributed by atoms with van der Waals surface area (Å²) in [5, 5.41) is 12.7. The highest BCUT2D eigenvalue weighted by molar-refractivity contribution is 6.35.